The van der Waals surface area contributed by atoms with Gasteiger partial charge in [0.05, 0.1) is 39.9 Å². The zero-order valence-corrected chi connectivity index (χ0v) is 36.6. The van der Waals surface area contributed by atoms with Gasteiger partial charge < -0.3 is 19.8 Å². The number of allylic oxidation sites excluding steroid dienone is 8. The van der Waals surface area contributed by atoms with E-state index in [1.54, 1.807) is 0 Å². The lowest BCUT2D eigenvalue weighted by Gasteiger charge is -2.26. The number of nitrogens with one attached hydrogen (secondary N) is 1. The van der Waals surface area contributed by atoms with E-state index in [4.69, 9.17) is 9.05 Å². The van der Waals surface area contributed by atoms with Crippen molar-refractivity contribution in [3.63, 3.8) is 0 Å². The second kappa shape index (κ2) is 37.1. The average Bonchev–Trinajstić information content (AvgIpc) is 3.12. The van der Waals surface area contributed by atoms with Crippen molar-refractivity contribution < 1.29 is 32.9 Å². The first-order chi connectivity index (χ1) is 26.0. The summed E-state index contributed by atoms with van der Waals surface area (Å²) in [4.78, 5) is 23.1. The van der Waals surface area contributed by atoms with Gasteiger partial charge >= 0.3 is 7.82 Å². The fraction of sp³-hybridized carbons (Fsp3) is 0.800. The number of rotatable bonds is 39. The topological polar surface area (TPSA) is 105 Å². The van der Waals surface area contributed by atoms with E-state index in [1.807, 2.05) is 21.1 Å². The van der Waals surface area contributed by atoms with E-state index in [2.05, 4.69) is 67.8 Å². The van der Waals surface area contributed by atoms with Gasteiger partial charge in [-0.2, -0.15) is 0 Å². The summed E-state index contributed by atoms with van der Waals surface area (Å²) in [6.07, 6.45) is 45.7. The van der Waals surface area contributed by atoms with E-state index in [0.717, 1.165) is 64.2 Å². The van der Waals surface area contributed by atoms with Crippen molar-refractivity contribution in [1.29, 1.82) is 0 Å². The molecule has 0 spiro atoms. The van der Waals surface area contributed by atoms with Gasteiger partial charge in [0.1, 0.15) is 13.2 Å². The van der Waals surface area contributed by atoms with Crippen molar-refractivity contribution in [3.8, 4) is 0 Å². The summed E-state index contributed by atoms with van der Waals surface area (Å²) in [6.45, 7) is 4.73. The number of aliphatic hydroxyl groups excluding tert-OH is 1. The first-order valence-electron chi connectivity index (χ1n) is 22.0. The summed E-state index contributed by atoms with van der Waals surface area (Å²) in [5, 5.41) is 13.9. The van der Waals surface area contributed by atoms with Crippen molar-refractivity contribution >= 4 is 13.7 Å². The molecule has 3 atom stereocenters. The van der Waals surface area contributed by atoms with Crippen LogP contribution in [0.5, 0.6) is 0 Å². The number of phosphoric acid groups is 1. The van der Waals surface area contributed by atoms with Gasteiger partial charge in [-0.15, -0.1) is 0 Å². The van der Waals surface area contributed by atoms with Crippen LogP contribution < -0.4 is 5.32 Å². The number of hydrogen-bond acceptors (Lipinski definition) is 5. The quantitative estimate of drug-likeness (QED) is 0.0248. The van der Waals surface area contributed by atoms with Crippen LogP contribution in [0.1, 0.15) is 181 Å². The van der Waals surface area contributed by atoms with Gasteiger partial charge in [0.2, 0.25) is 5.91 Å². The molecule has 0 saturated carbocycles. The number of unbranched alkanes of at least 4 members (excludes halogenated alkanes) is 18. The van der Waals surface area contributed by atoms with Crippen molar-refractivity contribution in [3.05, 3.63) is 48.6 Å². The van der Waals surface area contributed by atoms with Crippen LogP contribution in [0.3, 0.4) is 0 Å². The molecule has 8 nitrogen and oxygen atoms in total. The Balaban J connectivity index is 4.45. The van der Waals surface area contributed by atoms with Crippen LogP contribution >= 0.6 is 7.82 Å². The van der Waals surface area contributed by atoms with Crippen LogP contribution in [0.25, 0.3) is 0 Å². The molecule has 316 valence electrons. The molecule has 54 heavy (non-hydrogen) atoms. The lowest BCUT2D eigenvalue weighted by molar-refractivity contribution is -0.870. The number of quaternary nitrogens is 1. The van der Waals surface area contributed by atoms with E-state index < -0.39 is 20.0 Å². The molecule has 0 aliphatic heterocycles. The van der Waals surface area contributed by atoms with E-state index >= 15 is 0 Å². The number of aliphatic hydroxyl groups is 1. The van der Waals surface area contributed by atoms with E-state index in [-0.39, 0.29) is 19.1 Å². The van der Waals surface area contributed by atoms with Crippen LogP contribution in [0.2, 0.25) is 0 Å². The van der Waals surface area contributed by atoms with Crippen molar-refractivity contribution in [1.82, 2.24) is 5.32 Å². The summed E-state index contributed by atoms with van der Waals surface area (Å²) >= 11 is 0. The monoisotopic (exact) mass is 782 g/mol. The van der Waals surface area contributed by atoms with Gasteiger partial charge in [-0.1, -0.05) is 172 Å². The van der Waals surface area contributed by atoms with Gasteiger partial charge in [0.25, 0.3) is 0 Å². The molecule has 0 aliphatic carbocycles. The van der Waals surface area contributed by atoms with Crippen molar-refractivity contribution in [2.75, 3.05) is 40.9 Å². The molecular weight excluding hydrogens is 695 g/mol. The van der Waals surface area contributed by atoms with Crippen LogP contribution in [-0.4, -0.2) is 73.4 Å². The van der Waals surface area contributed by atoms with Gasteiger partial charge in [0.15, 0.2) is 0 Å². The number of carbonyl (C=O) groups excluding carboxylic acids is 1. The minimum Gasteiger partial charge on any atom is -0.391 e. The highest BCUT2D eigenvalue weighted by Crippen LogP contribution is 2.43. The molecule has 0 saturated heterocycles. The molecule has 0 bridgehead atoms. The standard InChI is InChI=1S/C45H85N2O6P/c1-6-8-10-12-14-16-18-20-22-23-25-26-28-30-32-34-36-38-44(48)43(42-53-54(50,51)52-41-40-47(3,4)5)46-45(49)39-37-35-33-31-29-27-24-21-19-17-15-13-11-9-7-2/h9,11,15,17,21,24,29,31,43-44,48H,6-8,10,12-14,16,18-20,22-23,25-28,30,32-42H2,1-5H3,(H-,46,49,50,51)/p+1/b11-9-,17-15-,24-21-,31-29-. The fourth-order valence-electron chi connectivity index (χ4n) is 6.09. The van der Waals surface area contributed by atoms with Gasteiger partial charge in [-0.05, 0) is 51.4 Å². The van der Waals surface area contributed by atoms with E-state index in [0.29, 0.717) is 23.9 Å². The molecule has 0 radical (unpaired) electrons. The lowest BCUT2D eigenvalue weighted by atomic mass is 10.0. The summed E-state index contributed by atoms with van der Waals surface area (Å²) in [7, 11) is 1.58. The largest absolute Gasteiger partial charge is 0.472 e. The summed E-state index contributed by atoms with van der Waals surface area (Å²) in [6, 6.07) is -0.782. The summed E-state index contributed by atoms with van der Waals surface area (Å²) in [5.74, 6) is -0.186. The Morgan fingerprint density at radius 3 is 1.59 bits per heavy atom. The SMILES string of the molecule is CC/C=C\C/C=C\C/C=C\C/C=C\CCCCC(=O)NC(COP(=O)(O)OCC[N+](C)(C)C)C(O)CCCCCCCCCCCCCCCCCCC. The van der Waals surface area contributed by atoms with Crippen molar-refractivity contribution in [2.24, 2.45) is 0 Å². The number of nitrogens with zero attached hydrogens (tertiary/aromatic N) is 1. The third kappa shape index (κ3) is 38.7. The second-order valence-corrected chi connectivity index (χ2v) is 17.5. The highest BCUT2D eigenvalue weighted by atomic mass is 31.2. The zero-order valence-electron chi connectivity index (χ0n) is 35.7. The number of phosphoric ester groups is 1. The smallest absolute Gasteiger partial charge is 0.391 e. The number of likely N-dealkylation sites (N-methyl/N-ethyl adjacent to an activating group) is 1. The van der Waals surface area contributed by atoms with Gasteiger partial charge in [-0.25, -0.2) is 4.57 Å². The molecule has 0 heterocycles. The van der Waals surface area contributed by atoms with Gasteiger partial charge in [0, 0.05) is 6.42 Å². The highest BCUT2D eigenvalue weighted by molar-refractivity contribution is 7.47. The number of hydrogen-bond donors (Lipinski definition) is 3. The summed E-state index contributed by atoms with van der Waals surface area (Å²) < 4.78 is 23.6. The minimum absolute atomic E-state index is 0.0649. The van der Waals surface area contributed by atoms with Gasteiger partial charge in [-0.3, -0.25) is 13.8 Å². The molecule has 0 aromatic carbocycles. The van der Waals surface area contributed by atoms with Crippen molar-refractivity contribution in [2.45, 2.75) is 193 Å². The Labute approximate surface area is 333 Å². The predicted molar refractivity (Wildman–Crippen MR) is 231 cm³/mol. The Morgan fingerprint density at radius 1 is 0.648 bits per heavy atom. The third-order valence-corrected chi connectivity index (χ3v) is 10.6. The molecule has 0 aliphatic rings. The third-order valence-electron chi connectivity index (χ3n) is 9.59. The molecule has 0 aromatic heterocycles. The van der Waals surface area contributed by atoms with Crippen LogP contribution in [0.4, 0.5) is 0 Å². The molecule has 3 N–H and O–H groups in total. The van der Waals surface area contributed by atoms with Crippen LogP contribution in [0.15, 0.2) is 48.6 Å². The number of carbonyl (C=O) groups is 1. The predicted octanol–water partition coefficient (Wildman–Crippen LogP) is 12.1. The number of amides is 1. The normalized spacial score (nSPS) is 14.9. The maximum Gasteiger partial charge on any atom is 0.472 e. The Bertz CT molecular complexity index is 1020. The average molecular weight is 782 g/mol. The van der Waals surface area contributed by atoms with E-state index in [9.17, 15) is 19.4 Å². The Morgan fingerprint density at radius 2 is 1.11 bits per heavy atom. The lowest BCUT2D eigenvalue weighted by Crippen LogP contribution is -2.46. The van der Waals surface area contributed by atoms with Crippen LogP contribution in [-0.2, 0) is 18.4 Å². The molecule has 0 fully saturated rings. The second-order valence-electron chi connectivity index (χ2n) is 16.0. The van der Waals surface area contributed by atoms with E-state index in [1.165, 1.54) is 89.9 Å². The molecule has 3 unspecified atom stereocenters. The molecular formula is C45H86N2O6P+. The molecule has 9 heteroatoms. The first kappa shape index (κ1) is 52.5. The maximum absolute atomic E-state index is 12.9. The minimum atomic E-state index is -4.32. The molecule has 0 aromatic rings. The van der Waals surface area contributed by atoms with Crippen LogP contribution in [0, 0.1) is 0 Å². The zero-order chi connectivity index (χ0) is 40.0. The Hall–Kier alpha value is -1.54. The maximum atomic E-state index is 12.9. The molecule has 1 amide bonds. The summed E-state index contributed by atoms with van der Waals surface area (Å²) in [5.41, 5.74) is 0. The molecule has 0 rings (SSSR count). The Kier molecular flexibility index (Phi) is 36.0. The fourth-order valence-corrected chi connectivity index (χ4v) is 6.83. The first-order valence-corrected chi connectivity index (χ1v) is 23.5. The highest BCUT2D eigenvalue weighted by Gasteiger charge is 2.28.